The molecule has 20 heavy (non-hydrogen) atoms. The van der Waals surface area contributed by atoms with Crippen molar-refractivity contribution in [3.05, 3.63) is 71.6 Å². The molecular formula is C18H18N2. The zero-order valence-corrected chi connectivity index (χ0v) is 12.1. The summed E-state index contributed by atoms with van der Waals surface area (Å²) in [5.74, 6) is 0. The molecular weight excluding hydrogens is 244 g/mol. The van der Waals surface area contributed by atoms with Crippen molar-refractivity contribution in [2.24, 2.45) is 4.99 Å². The van der Waals surface area contributed by atoms with E-state index >= 15 is 0 Å². The Morgan fingerprint density at radius 1 is 0.950 bits per heavy atom. The van der Waals surface area contributed by atoms with Crippen LogP contribution in [0.4, 0.5) is 0 Å². The molecule has 0 bridgehead atoms. The summed E-state index contributed by atoms with van der Waals surface area (Å²) in [5.41, 5.74) is 5.52. The summed E-state index contributed by atoms with van der Waals surface area (Å²) in [6, 6.07) is 14.5. The van der Waals surface area contributed by atoms with Crippen molar-refractivity contribution in [3.8, 4) is 0 Å². The van der Waals surface area contributed by atoms with E-state index in [-0.39, 0.29) is 5.54 Å². The second-order valence-electron chi connectivity index (χ2n) is 5.67. The summed E-state index contributed by atoms with van der Waals surface area (Å²) in [7, 11) is 0. The maximum absolute atomic E-state index is 4.88. The second kappa shape index (κ2) is 4.71. The van der Waals surface area contributed by atoms with Gasteiger partial charge in [-0.2, -0.15) is 0 Å². The summed E-state index contributed by atoms with van der Waals surface area (Å²) >= 11 is 0. The van der Waals surface area contributed by atoms with E-state index in [2.05, 4.69) is 49.2 Å². The maximum atomic E-state index is 4.88. The standard InChI is InChI=1S/C18H18N2/c1-13-11-15(9-10-19-13)16-12-17(20-18(16,2)3)14-7-5-4-6-8-14/h4-12H,1-3H3. The van der Waals surface area contributed by atoms with Gasteiger partial charge in [0.15, 0.2) is 0 Å². The van der Waals surface area contributed by atoms with Crippen LogP contribution in [0.3, 0.4) is 0 Å². The van der Waals surface area contributed by atoms with Gasteiger partial charge in [0.1, 0.15) is 0 Å². The molecule has 2 heterocycles. The van der Waals surface area contributed by atoms with Crippen molar-refractivity contribution in [1.29, 1.82) is 0 Å². The molecule has 0 fully saturated rings. The molecule has 1 aromatic carbocycles. The van der Waals surface area contributed by atoms with Crippen LogP contribution in [0.15, 0.2) is 59.7 Å². The lowest BCUT2D eigenvalue weighted by Crippen LogP contribution is -2.16. The van der Waals surface area contributed by atoms with Gasteiger partial charge in [0.25, 0.3) is 0 Å². The summed E-state index contributed by atoms with van der Waals surface area (Å²) in [5, 5.41) is 0. The molecule has 0 radical (unpaired) electrons. The van der Waals surface area contributed by atoms with Gasteiger partial charge >= 0.3 is 0 Å². The highest BCUT2D eigenvalue weighted by Crippen LogP contribution is 2.36. The monoisotopic (exact) mass is 262 g/mol. The van der Waals surface area contributed by atoms with E-state index in [4.69, 9.17) is 4.99 Å². The molecule has 0 spiro atoms. The molecule has 3 rings (SSSR count). The van der Waals surface area contributed by atoms with Crippen molar-refractivity contribution >= 4 is 11.3 Å². The van der Waals surface area contributed by atoms with Gasteiger partial charge in [0.05, 0.1) is 11.3 Å². The van der Waals surface area contributed by atoms with E-state index in [1.807, 2.05) is 31.3 Å². The van der Waals surface area contributed by atoms with Gasteiger partial charge in [-0.05, 0) is 55.7 Å². The summed E-state index contributed by atoms with van der Waals surface area (Å²) in [4.78, 5) is 9.15. The van der Waals surface area contributed by atoms with Crippen LogP contribution in [-0.4, -0.2) is 16.2 Å². The molecule has 0 unspecified atom stereocenters. The molecule has 2 nitrogen and oxygen atoms in total. The zero-order chi connectivity index (χ0) is 14.2. The van der Waals surface area contributed by atoms with Crippen LogP contribution in [0.25, 0.3) is 5.57 Å². The van der Waals surface area contributed by atoms with Gasteiger partial charge in [-0.3, -0.25) is 9.98 Å². The molecule has 100 valence electrons. The lowest BCUT2D eigenvalue weighted by atomic mass is 9.90. The maximum Gasteiger partial charge on any atom is 0.0814 e. The summed E-state index contributed by atoms with van der Waals surface area (Å²) in [6.45, 7) is 6.33. The topological polar surface area (TPSA) is 25.2 Å². The third kappa shape index (κ3) is 2.29. The zero-order valence-electron chi connectivity index (χ0n) is 12.1. The Labute approximate surface area is 119 Å². The Bertz CT molecular complexity index is 694. The fourth-order valence-electron chi connectivity index (χ4n) is 2.61. The highest BCUT2D eigenvalue weighted by molar-refractivity contribution is 6.16. The van der Waals surface area contributed by atoms with Crippen LogP contribution in [0.2, 0.25) is 0 Å². The minimum Gasteiger partial charge on any atom is -0.274 e. The van der Waals surface area contributed by atoms with Crippen LogP contribution in [0, 0.1) is 6.92 Å². The third-order valence-corrected chi connectivity index (χ3v) is 3.62. The van der Waals surface area contributed by atoms with Crippen LogP contribution >= 0.6 is 0 Å². The first-order valence-corrected chi connectivity index (χ1v) is 6.87. The van der Waals surface area contributed by atoms with E-state index in [0.29, 0.717) is 0 Å². The number of hydrogen-bond donors (Lipinski definition) is 0. The van der Waals surface area contributed by atoms with Crippen molar-refractivity contribution in [2.75, 3.05) is 0 Å². The van der Waals surface area contributed by atoms with Crippen LogP contribution < -0.4 is 0 Å². The smallest absolute Gasteiger partial charge is 0.0814 e. The second-order valence-corrected chi connectivity index (χ2v) is 5.67. The molecule has 0 atom stereocenters. The quantitative estimate of drug-likeness (QED) is 0.801. The number of benzene rings is 1. The molecule has 1 aliphatic heterocycles. The Kier molecular flexibility index (Phi) is 3.01. The Balaban J connectivity index is 2.06. The summed E-state index contributed by atoms with van der Waals surface area (Å²) in [6.07, 6.45) is 4.06. The van der Waals surface area contributed by atoms with Gasteiger partial charge in [-0.1, -0.05) is 30.3 Å². The average Bonchev–Trinajstić information content (AvgIpc) is 2.76. The Hall–Kier alpha value is -2.22. The van der Waals surface area contributed by atoms with Gasteiger partial charge in [-0.25, -0.2) is 0 Å². The normalized spacial score (nSPS) is 16.8. The van der Waals surface area contributed by atoms with Crippen molar-refractivity contribution in [2.45, 2.75) is 26.3 Å². The van der Waals surface area contributed by atoms with Crippen LogP contribution in [0.1, 0.15) is 30.7 Å². The molecule has 1 aromatic heterocycles. The van der Waals surface area contributed by atoms with Gasteiger partial charge < -0.3 is 0 Å². The molecule has 0 amide bonds. The van der Waals surface area contributed by atoms with Gasteiger partial charge in [0.2, 0.25) is 0 Å². The molecule has 0 aliphatic carbocycles. The number of aryl methyl sites for hydroxylation is 1. The molecule has 1 aliphatic rings. The SMILES string of the molecule is Cc1cc(C2=CC(c3ccccc3)=NC2(C)C)ccn1. The van der Waals surface area contributed by atoms with Crippen LogP contribution in [0.5, 0.6) is 0 Å². The van der Waals surface area contributed by atoms with E-state index in [1.165, 1.54) is 16.7 Å². The van der Waals surface area contributed by atoms with Crippen molar-refractivity contribution < 1.29 is 0 Å². The molecule has 0 saturated carbocycles. The minimum atomic E-state index is -0.195. The largest absolute Gasteiger partial charge is 0.274 e. The van der Waals surface area contributed by atoms with E-state index in [9.17, 15) is 0 Å². The first-order chi connectivity index (χ1) is 9.56. The lowest BCUT2D eigenvalue weighted by Gasteiger charge is -2.19. The number of allylic oxidation sites excluding steroid dienone is 1. The van der Waals surface area contributed by atoms with E-state index in [1.54, 1.807) is 0 Å². The van der Waals surface area contributed by atoms with Gasteiger partial charge in [-0.15, -0.1) is 0 Å². The summed E-state index contributed by atoms with van der Waals surface area (Å²) < 4.78 is 0. The number of aromatic nitrogens is 1. The van der Waals surface area contributed by atoms with Crippen molar-refractivity contribution in [1.82, 2.24) is 4.98 Å². The molecule has 0 N–H and O–H groups in total. The number of nitrogens with zero attached hydrogens (tertiary/aromatic N) is 2. The Morgan fingerprint density at radius 3 is 2.40 bits per heavy atom. The van der Waals surface area contributed by atoms with E-state index in [0.717, 1.165) is 11.4 Å². The fraction of sp³-hybridized carbons (Fsp3) is 0.222. The van der Waals surface area contributed by atoms with Crippen molar-refractivity contribution in [3.63, 3.8) is 0 Å². The predicted octanol–water partition coefficient (Wildman–Crippen LogP) is 4.05. The lowest BCUT2D eigenvalue weighted by molar-refractivity contribution is 0.689. The number of pyridine rings is 1. The first-order valence-electron chi connectivity index (χ1n) is 6.87. The number of aliphatic imine (C=N–C) groups is 1. The highest BCUT2D eigenvalue weighted by Gasteiger charge is 2.29. The molecule has 2 heteroatoms. The van der Waals surface area contributed by atoms with Gasteiger partial charge in [0, 0.05) is 11.9 Å². The number of hydrogen-bond acceptors (Lipinski definition) is 2. The Morgan fingerprint density at radius 2 is 1.70 bits per heavy atom. The number of rotatable bonds is 2. The average molecular weight is 262 g/mol. The highest BCUT2D eigenvalue weighted by atomic mass is 14.9. The molecule has 0 saturated heterocycles. The van der Waals surface area contributed by atoms with E-state index < -0.39 is 0 Å². The molecule has 2 aromatic rings. The fourth-order valence-corrected chi connectivity index (χ4v) is 2.61. The third-order valence-electron chi connectivity index (χ3n) is 3.62. The predicted molar refractivity (Wildman–Crippen MR) is 84.0 cm³/mol. The van der Waals surface area contributed by atoms with Crippen LogP contribution in [-0.2, 0) is 0 Å². The first kappa shape index (κ1) is 12.8. The minimum absolute atomic E-state index is 0.195.